The first-order valence-electron chi connectivity index (χ1n) is 6.51. The lowest BCUT2D eigenvalue weighted by atomic mass is 10.1. The minimum Gasteiger partial charge on any atom is -0.367 e. The summed E-state index contributed by atoms with van der Waals surface area (Å²) in [4.78, 5) is 2.24. The van der Waals surface area contributed by atoms with Crippen molar-refractivity contribution < 1.29 is 4.39 Å². The zero-order chi connectivity index (χ0) is 13.7. The smallest absolute Gasteiger partial charge is 0.123 e. The van der Waals surface area contributed by atoms with Crippen LogP contribution in [0.5, 0.6) is 0 Å². The van der Waals surface area contributed by atoms with E-state index < -0.39 is 0 Å². The van der Waals surface area contributed by atoms with Gasteiger partial charge in [-0.2, -0.15) is 0 Å². The summed E-state index contributed by atoms with van der Waals surface area (Å²) in [7, 11) is 0. The molecule has 0 aromatic heterocycles. The highest BCUT2D eigenvalue weighted by Crippen LogP contribution is 2.18. The molecule has 0 saturated heterocycles. The number of nitrogens with two attached hydrogens (primary N) is 1. The van der Waals surface area contributed by atoms with Crippen molar-refractivity contribution in [2.45, 2.75) is 20.0 Å². The molecule has 0 atom stereocenters. The Bertz CT molecular complexity index is 505. The largest absolute Gasteiger partial charge is 0.367 e. The Morgan fingerprint density at radius 1 is 0.947 bits per heavy atom. The first-order chi connectivity index (χ1) is 9.22. The van der Waals surface area contributed by atoms with Gasteiger partial charge in [0.2, 0.25) is 0 Å². The van der Waals surface area contributed by atoms with Crippen LogP contribution in [0, 0.1) is 5.82 Å². The first kappa shape index (κ1) is 13.6. The summed E-state index contributed by atoms with van der Waals surface area (Å²) in [5.74, 6) is -0.195. The molecular formula is C16H19FN2. The molecule has 2 aromatic rings. The SMILES string of the molecule is CCN(Cc1ccc(F)cc1)c1ccc(CN)cc1. The van der Waals surface area contributed by atoms with Crippen LogP contribution in [0.1, 0.15) is 18.1 Å². The van der Waals surface area contributed by atoms with Crippen LogP contribution in [0.2, 0.25) is 0 Å². The number of benzene rings is 2. The van der Waals surface area contributed by atoms with Crippen molar-refractivity contribution in [2.75, 3.05) is 11.4 Å². The van der Waals surface area contributed by atoms with E-state index in [0.29, 0.717) is 6.54 Å². The summed E-state index contributed by atoms with van der Waals surface area (Å²) < 4.78 is 12.9. The minimum atomic E-state index is -0.195. The number of nitrogens with zero attached hydrogens (tertiary/aromatic N) is 1. The van der Waals surface area contributed by atoms with E-state index in [2.05, 4.69) is 24.0 Å². The van der Waals surface area contributed by atoms with E-state index in [1.165, 1.54) is 12.1 Å². The third kappa shape index (κ3) is 3.55. The van der Waals surface area contributed by atoms with Crippen LogP contribution in [-0.2, 0) is 13.1 Å². The van der Waals surface area contributed by atoms with Gasteiger partial charge in [-0.05, 0) is 42.3 Å². The Morgan fingerprint density at radius 2 is 1.53 bits per heavy atom. The van der Waals surface area contributed by atoms with Crippen LogP contribution in [0.15, 0.2) is 48.5 Å². The highest BCUT2D eigenvalue weighted by Gasteiger charge is 2.05. The average molecular weight is 258 g/mol. The van der Waals surface area contributed by atoms with Crippen molar-refractivity contribution in [3.05, 3.63) is 65.5 Å². The molecule has 0 radical (unpaired) electrons. The second-order valence-electron chi connectivity index (χ2n) is 4.51. The average Bonchev–Trinajstić information content (AvgIpc) is 2.47. The van der Waals surface area contributed by atoms with Gasteiger partial charge in [0, 0.05) is 25.3 Å². The minimum absolute atomic E-state index is 0.195. The van der Waals surface area contributed by atoms with Crippen molar-refractivity contribution >= 4 is 5.69 Å². The molecule has 0 aliphatic heterocycles. The molecule has 0 spiro atoms. The Labute approximate surface area is 113 Å². The lowest BCUT2D eigenvalue weighted by Gasteiger charge is -2.23. The molecule has 0 fully saturated rings. The third-order valence-corrected chi connectivity index (χ3v) is 3.21. The number of anilines is 1. The lowest BCUT2D eigenvalue weighted by Crippen LogP contribution is -2.21. The lowest BCUT2D eigenvalue weighted by molar-refractivity contribution is 0.626. The Hall–Kier alpha value is -1.87. The third-order valence-electron chi connectivity index (χ3n) is 3.21. The normalized spacial score (nSPS) is 10.5. The fourth-order valence-corrected chi connectivity index (χ4v) is 2.04. The molecule has 2 aromatic carbocycles. The zero-order valence-corrected chi connectivity index (χ0v) is 11.1. The van der Waals surface area contributed by atoms with E-state index in [9.17, 15) is 4.39 Å². The summed E-state index contributed by atoms with van der Waals surface area (Å²) in [6.45, 7) is 4.35. The van der Waals surface area contributed by atoms with Gasteiger partial charge in [-0.25, -0.2) is 4.39 Å². The topological polar surface area (TPSA) is 29.3 Å². The van der Waals surface area contributed by atoms with Crippen molar-refractivity contribution in [3.8, 4) is 0 Å². The van der Waals surface area contributed by atoms with E-state index in [1.54, 1.807) is 0 Å². The van der Waals surface area contributed by atoms with Crippen molar-refractivity contribution in [2.24, 2.45) is 5.73 Å². The molecule has 100 valence electrons. The van der Waals surface area contributed by atoms with Crippen LogP contribution in [-0.4, -0.2) is 6.54 Å². The molecule has 2 rings (SSSR count). The maximum atomic E-state index is 12.9. The van der Waals surface area contributed by atoms with Crippen LogP contribution in [0.25, 0.3) is 0 Å². The Kier molecular flexibility index (Phi) is 4.53. The van der Waals surface area contributed by atoms with Crippen LogP contribution < -0.4 is 10.6 Å². The predicted octanol–water partition coefficient (Wildman–Crippen LogP) is 3.31. The maximum Gasteiger partial charge on any atom is 0.123 e. The zero-order valence-electron chi connectivity index (χ0n) is 11.1. The van der Waals surface area contributed by atoms with E-state index in [-0.39, 0.29) is 5.82 Å². The van der Waals surface area contributed by atoms with E-state index in [0.717, 1.165) is 29.9 Å². The molecule has 2 N–H and O–H groups in total. The maximum absolute atomic E-state index is 12.9. The van der Waals surface area contributed by atoms with Crippen LogP contribution in [0.3, 0.4) is 0 Å². The summed E-state index contributed by atoms with van der Waals surface area (Å²) in [5.41, 5.74) is 8.98. The molecule has 0 unspecified atom stereocenters. The van der Waals surface area contributed by atoms with Crippen LogP contribution >= 0.6 is 0 Å². The summed E-state index contributed by atoms with van der Waals surface area (Å²) in [5, 5.41) is 0. The monoisotopic (exact) mass is 258 g/mol. The molecule has 0 aliphatic carbocycles. The fraction of sp³-hybridized carbons (Fsp3) is 0.250. The van der Waals surface area contributed by atoms with Crippen molar-refractivity contribution in [1.82, 2.24) is 0 Å². The molecule has 19 heavy (non-hydrogen) atoms. The number of rotatable bonds is 5. The quantitative estimate of drug-likeness (QED) is 0.891. The van der Waals surface area contributed by atoms with Gasteiger partial charge in [0.15, 0.2) is 0 Å². The van der Waals surface area contributed by atoms with Gasteiger partial charge in [-0.1, -0.05) is 24.3 Å². The standard InChI is InChI=1S/C16H19FN2/c1-2-19(12-14-3-7-15(17)8-4-14)16-9-5-13(11-18)6-10-16/h3-10H,2,11-12,18H2,1H3. The Balaban J connectivity index is 2.12. The second-order valence-corrected chi connectivity index (χ2v) is 4.51. The van der Waals surface area contributed by atoms with Gasteiger partial charge >= 0.3 is 0 Å². The van der Waals surface area contributed by atoms with E-state index in [1.807, 2.05) is 24.3 Å². The van der Waals surface area contributed by atoms with Gasteiger partial charge in [0.25, 0.3) is 0 Å². The number of halogens is 1. The van der Waals surface area contributed by atoms with Crippen LogP contribution in [0.4, 0.5) is 10.1 Å². The summed E-state index contributed by atoms with van der Waals surface area (Å²) >= 11 is 0. The molecule has 0 saturated carbocycles. The van der Waals surface area contributed by atoms with Crippen molar-refractivity contribution in [3.63, 3.8) is 0 Å². The van der Waals surface area contributed by atoms with Gasteiger partial charge in [0.1, 0.15) is 5.82 Å². The molecule has 2 nitrogen and oxygen atoms in total. The highest BCUT2D eigenvalue weighted by molar-refractivity contribution is 5.48. The summed E-state index contributed by atoms with van der Waals surface area (Å²) in [6, 6.07) is 14.9. The van der Waals surface area contributed by atoms with Gasteiger partial charge in [-0.3, -0.25) is 0 Å². The van der Waals surface area contributed by atoms with E-state index in [4.69, 9.17) is 5.73 Å². The van der Waals surface area contributed by atoms with Gasteiger partial charge < -0.3 is 10.6 Å². The van der Waals surface area contributed by atoms with E-state index >= 15 is 0 Å². The molecule has 0 aliphatic rings. The predicted molar refractivity (Wildman–Crippen MR) is 77.5 cm³/mol. The first-order valence-corrected chi connectivity index (χ1v) is 6.51. The van der Waals surface area contributed by atoms with Gasteiger partial charge in [-0.15, -0.1) is 0 Å². The number of hydrogen-bond acceptors (Lipinski definition) is 2. The second kappa shape index (κ2) is 6.34. The fourth-order valence-electron chi connectivity index (χ4n) is 2.04. The van der Waals surface area contributed by atoms with Gasteiger partial charge in [0.05, 0.1) is 0 Å². The summed E-state index contributed by atoms with van der Waals surface area (Å²) in [6.07, 6.45) is 0. The molecule has 0 bridgehead atoms. The Morgan fingerprint density at radius 3 is 2.05 bits per heavy atom. The molecule has 0 heterocycles. The molecule has 0 amide bonds. The van der Waals surface area contributed by atoms with Crippen molar-refractivity contribution in [1.29, 1.82) is 0 Å². The molecule has 3 heteroatoms. The number of hydrogen-bond donors (Lipinski definition) is 1. The highest BCUT2D eigenvalue weighted by atomic mass is 19.1. The molecular weight excluding hydrogens is 239 g/mol.